The van der Waals surface area contributed by atoms with Gasteiger partial charge >= 0.3 is 11.9 Å². The molecule has 0 spiro atoms. The maximum Gasteiger partial charge on any atom is 0.342 e. The third-order valence-corrected chi connectivity index (χ3v) is 5.56. The van der Waals surface area contributed by atoms with E-state index >= 15 is 0 Å². The molecule has 0 atom stereocenters. The number of aromatic amines is 1. The molecule has 0 aliphatic heterocycles. The fourth-order valence-electron chi connectivity index (χ4n) is 3.22. The normalized spacial score (nSPS) is 10.6. The fraction of sp³-hybridized carbons (Fsp3) is 0.136. The molecule has 0 radical (unpaired) electrons. The molecule has 0 aliphatic rings. The largest absolute Gasteiger partial charge is 0.490 e. The Balaban J connectivity index is 2.20. The van der Waals surface area contributed by atoms with Gasteiger partial charge in [-0.25, -0.2) is 9.59 Å². The number of carbonyl (C=O) groups is 2. The summed E-state index contributed by atoms with van der Waals surface area (Å²) in [4.78, 5) is 38.1. The molecule has 0 amide bonds. The molecule has 3 aromatic rings. The highest BCUT2D eigenvalue weighted by molar-refractivity contribution is 9.10. The first-order valence-electron chi connectivity index (χ1n) is 9.50. The number of nitrogen functional groups attached to an aromatic ring is 1. The summed E-state index contributed by atoms with van der Waals surface area (Å²) in [7, 11) is 0. The molecule has 0 unspecified atom stereocenters. The van der Waals surface area contributed by atoms with Gasteiger partial charge in [0, 0.05) is 16.1 Å². The van der Waals surface area contributed by atoms with Crippen LogP contribution in [0.2, 0.25) is 5.02 Å². The topological polar surface area (TPSA) is 152 Å². The number of nitrogens with one attached hydrogen (secondary N) is 1. The smallest absolute Gasteiger partial charge is 0.342 e. The third-order valence-electron chi connectivity index (χ3n) is 4.60. The molecule has 172 valence electrons. The molecule has 0 bridgehead atoms. The first-order valence-corrected chi connectivity index (χ1v) is 10.7. The van der Waals surface area contributed by atoms with E-state index in [1.54, 1.807) is 25.1 Å². The van der Waals surface area contributed by atoms with Gasteiger partial charge in [-0.2, -0.15) is 0 Å². The highest BCUT2D eigenvalue weighted by Gasteiger charge is 2.28. The predicted molar refractivity (Wildman–Crippen MR) is 125 cm³/mol. The quantitative estimate of drug-likeness (QED) is 0.330. The van der Waals surface area contributed by atoms with Crippen LogP contribution in [0, 0.1) is 0 Å². The van der Waals surface area contributed by atoms with Gasteiger partial charge in [0.05, 0.1) is 11.1 Å². The molecule has 33 heavy (non-hydrogen) atoms. The van der Waals surface area contributed by atoms with E-state index < -0.39 is 34.4 Å². The van der Waals surface area contributed by atoms with Crippen LogP contribution >= 0.6 is 27.5 Å². The summed E-state index contributed by atoms with van der Waals surface area (Å²) in [5.74, 6) is -3.11. The second-order valence-electron chi connectivity index (χ2n) is 6.70. The number of halogens is 2. The van der Waals surface area contributed by atoms with E-state index in [2.05, 4.69) is 20.9 Å². The fourth-order valence-corrected chi connectivity index (χ4v) is 3.96. The van der Waals surface area contributed by atoms with Crippen molar-refractivity contribution in [1.29, 1.82) is 0 Å². The molecule has 5 N–H and O–H groups in total. The Morgan fingerprint density at radius 1 is 1.12 bits per heavy atom. The number of carboxylic acid groups (broad SMARTS) is 2. The van der Waals surface area contributed by atoms with Crippen LogP contribution in [0.15, 0.2) is 45.7 Å². The average molecular weight is 538 g/mol. The number of ether oxygens (including phenoxy) is 2. The summed E-state index contributed by atoms with van der Waals surface area (Å²) in [6, 6.07) is 9.93. The van der Waals surface area contributed by atoms with Crippen LogP contribution in [0.4, 0.5) is 5.82 Å². The highest BCUT2D eigenvalue weighted by atomic mass is 79.9. The molecule has 0 saturated heterocycles. The van der Waals surface area contributed by atoms with Crippen LogP contribution in [-0.4, -0.2) is 33.7 Å². The average Bonchev–Trinajstić information content (AvgIpc) is 2.73. The van der Waals surface area contributed by atoms with Gasteiger partial charge in [-0.3, -0.25) is 4.79 Å². The van der Waals surface area contributed by atoms with Crippen LogP contribution in [-0.2, 0) is 6.61 Å². The van der Waals surface area contributed by atoms with Gasteiger partial charge in [0.15, 0.2) is 11.5 Å². The van der Waals surface area contributed by atoms with Gasteiger partial charge in [-0.15, -0.1) is 0 Å². The maximum absolute atomic E-state index is 12.3. The predicted octanol–water partition coefficient (Wildman–Crippen LogP) is 4.41. The lowest BCUT2D eigenvalue weighted by Gasteiger charge is -2.18. The van der Waals surface area contributed by atoms with Gasteiger partial charge in [0.1, 0.15) is 23.6 Å². The zero-order valence-corrected chi connectivity index (χ0v) is 19.5. The van der Waals surface area contributed by atoms with Crippen molar-refractivity contribution in [3.8, 4) is 22.6 Å². The number of pyridine rings is 1. The monoisotopic (exact) mass is 536 g/mol. The Bertz CT molecular complexity index is 1310. The van der Waals surface area contributed by atoms with Crippen LogP contribution in [0.25, 0.3) is 11.1 Å². The molecule has 0 fully saturated rings. The van der Waals surface area contributed by atoms with Crippen molar-refractivity contribution in [3.63, 3.8) is 0 Å². The minimum Gasteiger partial charge on any atom is -0.490 e. The summed E-state index contributed by atoms with van der Waals surface area (Å²) < 4.78 is 11.9. The van der Waals surface area contributed by atoms with E-state index in [9.17, 15) is 24.6 Å². The molecular formula is C22H18BrClN2O7. The summed E-state index contributed by atoms with van der Waals surface area (Å²) >= 11 is 9.55. The van der Waals surface area contributed by atoms with E-state index in [1.165, 1.54) is 12.1 Å². The van der Waals surface area contributed by atoms with Crippen LogP contribution in [0.3, 0.4) is 0 Å². The lowest BCUT2D eigenvalue weighted by atomic mass is 9.95. The molecule has 1 aromatic heterocycles. The number of H-pyrrole nitrogens is 1. The summed E-state index contributed by atoms with van der Waals surface area (Å²) in [6.45, 7) is 2.07. The van der Waals surface area contributed by atoms with E-state index in [0.717, 1.165) is 5.56 Å². The van der Waals surface area contributed by atoms with Gasteiger partial charge < -0.3 is 30.4 Å². The number of aromatic carboxylic acids is 2. The Morgan fingerprint density at radius 2 is 1.79 bits per heavy atom. The number of nitrogens with two attached hydrogens (primary N) is 1. The molecule has 3 rings (SSSR count). The second kappa shape index (κ2) is 9.97. The summed E-state index contributed by atoms with van der Waals surface area (Å²) in [6.07, 6.45) is 0. The molecule has 2 aromatic carbocycles. The highest BCUT2D eigenvalue weighted by Crippen LogP contribution is 2.42. The number of anilines is 1. The lowest BCUT2D eigenvalue weighted by molar-refractivity contribution is 0.0695. The SMILES string of the molecule is CCOc1cc(-c2c(C(=O)O)c(N)[nH]c(=O)c2C(=O)O)cc(Br)c1OCc1ccccc1Cl. The van der Waals surface area contributed by atoms with Crippen molar-refractivity contribution < 1.29 is 29.3 Å². The van der Waals surface area contributed by atoms with E-state index in [4.69, 9.17) is 26.8 Å². The Morgan fingerprint density at radius 3 is 2.39 bits per heavy atom. The maximum atomic E-state index is 12.3. The van der Waals surface area contributed by atoms with Crippen molar-refractivity contribution >= 4 is 45.3 Å². The van der Waals surface area contributed by atoms with Crippen molar-refractivity contribution in [3.05, 3.63) is 72.9 Å². The van der Waals surface area contributed by atoms with Gasteiger partial charge in [0.2, 0.25) is 0 Å². The van der Waals surface area contributed by atoms with Gasteiger partial charge in [-0.1, -0.05) is 29.8 Å². The van der Waals surface area contributed by atoms with Gasteiger partial charge in [0.25, 0.3) is 5.56 Å². The molecule has 1 heterocycles. The number of aromatic nitrogens is 1. The van der Waals surface area contributed by atoms with Crippen LogP contribution < -0.4 is 20.8 Å². The number of carboxylic acids is 2. The lowest BCUT2D eigenvalue weighted by Crippen LogP contribution is -2.24. The van der Waals surface area contributed by atoms with E-state index in [0.29, 0.717) is 9.50 Å². The minimum atomic E-state index is -1.61. The molecule has 0 aliphatic carbocycles. The van der Waals surface area contributed by atoms with Crippen molar-refractivity contribution in [2.45, 2.75) is 13.5 Å². The summed E-state index contributed by atoms with van der Waals surface area (Å²) in [5, 5.41) is 19.8. The standard InChI is InChI=1S/C22H18BrClN2O7/c1-2-32-14-8-11(7-12(23)18(14)33-9-10-5-3-4-6-13(10)24)15-16(21(28)29)19(25)26-20(27)17(15)22(30)31/h3-8H,2,9H2,1H3,(H,28,29)(H,30,31)(H3,25,26,27). The Labute approximate surface area is 200 Å². The number of hydrogen-bond acceptors (Lipinski definition) is 6. The number of benzene rings is 2. The van der Waals surface area contributed by atoms with Crippen LogP contribution in [0.5, 0.6) is 11.5 Å². The third kappa shape index (κ3) is 4.96. The van der Waals surface area contributed by atoms with Crippen LogP contribution in [0.1, 0.15) is 33.2 Å². The Hall–Kier alpha value is -3.50. The minimum absolute atomic E-state index is 0.0861. The first kappa shape index (κ1) is 24.1. The summed E-state index contributed by atoms with van der Waals surface area (Å²) in [5.41, 5.74) is 3.82. The van der Waals surface area contributed by atoms with Gasteiger partial charge in [-0.05, 0) is 46.6 Å². The van der Waals surface area contributed by atoms with Crippen molar-refractivity contribution in [2.24, 2.45) is 0 Å². The van der Waals surface area contributed by atoms with Crippen molar-refractivity contribution in [2.75, 3.05) is 12.3 Å². The van der Waals surface area contributed by atoms with E-state index in [1.807, 2.05) is 6.07 Å². The number of hydrogen-bond donors (Lipinski definition) is 4. The van der Waals surface area contributed by atoms with Crippen molar-refractivity contribution in [1.82, 2.24) is 4.98 Å². The molecule has 11 heteroatoms. The zero-order valence-electron chi connectivity index (χ0n) is 17.1. The Kier molecular flexibility index (Phi) is 7.29. The molecule has 0 saturated carbocycles. The molecule has 9 nitrogen and oxygen atoms in total. The zero-order chi connectivity index (χ0) is 24.3. The first-order chi connectivity index (χ1) is 15.6. The molecular weight excluding hydrogens is 520 g/mol. The second-order valence-corrected chi connectivity index (χ2v) is 7.96. The number of rotatable bonds is 8. The van der Waals surface area contributed by atoms with E-state index in [-0.39, 0.29) is 35.8 Å².